The summed E-state index contributed by atoms with van der Waals surface area (Å²) in [6.45, 7) is 4.06. The molecule has 0 aromatic heterocycles. The maximum atomic E-state index is 12.0. The Morgan fingerprint density at radius 2 is 2.11 bits per heavy atom. The summed E-state index contributed by atoms with van der Waals surface area (Å²) in [5.41, 5.74) is 0.113. The van der Waals surface area contributed by atoms with Gasteiger partial charge in [0.25, 0.3) is 5.91 Å². The zero-order valence-electron chi connectivity index (χ0n) is 10.6. The predicted octanol–water partition coefficient (Wildman–Crippen LogP) is 1.16. The lowest BCUT2D eigenvalue weighted by Gasteiger charge is -2.30. The highest BCUT2D eigenvalue weighted by Gasteiger charge is 2.22. The second-order valence-corrected chi connectivity index (χ2v) is 4.51. The van der Waals surface area contributed by atoms with Crippen LogP contribution in [0.5, 0.6) is 0 Å². The maximum absolute atomic E-state index is 12.0. The lowest BCUT2D eigenvalue weighted by Crippen LogP contribution is -2.38. The molecule has 0 aliphatic carbocycles. The van der Waals surface area contributed by atoms with Crippen molar-refractivity contribution in [1.29, 1.82) is 10.5 Å². The Kier molecular flexibility index (Phi) is 5.73. The number of nitrogens with one attached hydrogen (secondary N) is 1. The predicted molar refractivity (Wildman–Crippen MR) is 66.9 cm³/mol. The van der Waals surface area contributed by atoms with Crippen LogP contribution >= 0.6 is 0 Å². The molecule has 0 spiro atoms. The molecule has 0 aromatic carbocycles. The van der Waals surface area contributed by atoms with Crippen LogP contribution in [0.4, 0.5) is 0 Å². The number of piperidine rings is 1. The number of nitriles is 2. The minimum atomic E-state index is -0.214. The van der Waals surface area contributed by atoms with E-state index in [0.717, 1.165) is 25.9 Å². The first-order valence-corrected chi connectivity index (χ1v) is 6.19. The molecule has 18 heavy (non-hydrogen) atoms. The molecule has 0 aromatic rings. The summed E-state index contributed by atoms with van der Waals surface area (Å²) in [6, 6.07) is 3.90. The minimum absolute atomic E-state index is 0.113. The third kappa shape index (κ3) is 4.10. The minimum Gasteiger partial charge on any atom is -0.389 e. The monoisotopic (exact) mass is 246 g/mol. The summed E-state index contributed by atoms with van der Waals surface area (Å²) in [6.07, 6.45) is 3.75. The fourth-order valence-corrected chi connectivity index (χ4v) is 1.83. The van der Waals surface area contributed by atoms with Gasteiger partial charge < -0.3 is 10.2 Å². The van der Waals surface area contributed by atoms with Crippen molar-refractivity contribution >= 4 is 5.91 Å². The van der Waals surface area contributed by atoms with Gasteiger partial charge in [-0.05, 0) is 18.8 Å². The van der Waals surface area contributed by atoms with Gasteiger partial charge in [0, 0.05) is 25.8 Å². The molecule has 1 aliphatic rings. The first kappa shape index (κ1) is 14.1. The number of carbonyl (C=O) groups is 1. The van der Waals surface area contributed by atoms with E-state index in [1.807, 2.05) is 12.1 Å². The van der Waals surface area contributed by atoms with Crippen molar-refractivity contribution in [2.24, 2.45) is 5.92 Å². The van der Waals surface area contributed by atoms with Crippen molar-refractivity contribution in [2.45, 2.75) is 26.2 Å². The number of hydrogen-bond donors (Lipinski definition) is 1. The van der Waals surface area contributed by atoms with E-state index in [9.17, 15) is 4.79 Å². The number of carbonyl (C=O) groups excluding carboxylic acids is 1. The molecule has 0 saturated carbocycles. The highest BCUT2D eigenvalue weighted by Crippen LogP contribution is 2.17. The summed E-state index contributed by atoms with van der Waals surface area (Å²) in [7, 11) is 0. The molecule has 0 bridgehead atoms. The molecular weight excluding hydrogens is 228 g/mol. The highest BCUT2D eigenvalue weighted by molar-refractivity contribution is 5.97. The summed E-state index contributed by atoms with van der Waals surface area (Å²) in [5.74, 6) is 0.436. The number of amides is 1. The summed E-state index contributed by atoms with van der Waals surface area (Å²) in [5, 5.41) is 20.2. The summed E-state index contributed by atoms with van der Waals surface area (Å²) in [4.78, 5) is 13.8. The zero-order chi connectivity index (χ0) is 13.4. The number of nitrogens with zero attached hydrogens (tertiary/aromatic N) is 3. The van der Waals surface area contributed by atoms with E-state index in [-0.39, 0.29) is 11.5 Å². The molecule has 1 N–H and O–H groups in total. The zero-order valence-corrected chi connectivity index (χ0v) is 10.6. The Bertz CT molecular complexity index is 394. The number of hydrogen-bond acceptors (Lipinski definition) is 4. The summed E-state index contributed by atoms with van der Waals surface area (Å²) < 4.78 is 0. The van der Waals surface area contributed by atoms with Gasteiger partial charge in [0.05, 0.1) is 12.5 Å². The molecule has 1 aliphatic heterocycles. The molecule has 5 heteroatoms. The topological polar surface area (TPSA) is 79.9 Å². The first-order valence-electron chi connectivity index (χ1n) is 6.19. The van der Waals surface area contributed by atoms with Crippen LogP contribution in [0.2, 0.25) is 0 Å². The van der Waals surface area contributed by atoms with E-state index in [2.05, 4.69) is 12.2 Å². The van der Waals surface area contributed by atoms with Gasteiger partial charge in [0.1, 0.15) is 11.6 Å². The van der Waals surface area contributed by atoms with Gasteiger partial charge >= 0.3 is 0 Å². The third-order valence-electron chi connectivity index (χ3n) is 3.05. The molecule has 1 amide bonds. The molecule has 96 valence electrons. The Balaban J connectivity index is 2.52. The van der Waals surface area contributed by atoms with Crippen LogP contribution in [-0.2, 0) is 4.79 Å². The van der Waals surface area contributed by atoms with E-state index < -0.39 is 0 Å². The van der Waals surface area contributed by atoms with Crippen molar-refractivity contribution in [2.75, 3.05) is 19.6 Å². The number of likely N-dealkylation sites (tertiary alicyclic amines) is 1. The molecule has 5 nitrogen and oxygen atoms in total. The molecular formula is C13H18N4O. The molecule has 0 unspecified atom stereocenters. The van der Waals surface area contributed by atoms with Gasteiger partial charge in [-0.15, -0.1) is 0 Å². The Labute approximate surface area is 108 Å². The second kappa shape index (κ2) is 7.34. The fraction of sp³-hybridized carbons (Fsp3) is 0.615. The SMILES string of the molecule is CC1CCN(C(=O)/C(C#N)=C\NCCC#N)CC1. The van der Waals surface area contributed by atoms with Gasteiger partial charge in [0.15, 0.2) is 0 Å². The standard InChI is InChI=1S/C13H18N4O/c1-11-3-7-17(8-4-11)13(18)12(9-15)10-16-6-2-5-14/h10-11,16H,2-4,6-8H2,1H3/b12-10-. The lowest BCUT2D eigenvalue weighted by atomic mass is 9.99. The quantitative estimate of drug-likeness (QED) is 0.458. The average Bonchev–Trinajstić information content (AvgIpc) is 2.39. The first-order chi connectivity index (χ1) is 8.69. The Hall–Kier alpha value is -2.01. The third-order valence-corrected chi connectivity index (χ3v) is 3.05. The van der Waals surface area contributed by atoms with Gasteiger partial charge in [-0.2, -0.15) is 10.5 Å². The van der Waals surface area contributed by atoms with E-state index in [0.29, 0.717) is 18.9 Å². The molecule has 1 heterocycles. The van der Waals surface area contributed by atoms with Crippen molar-refractivity contribution in [3.8, 4) is 12.1 Å². The van der Waals surface area contributed by atoms with Crippen molar-refractivity contribution in [3.05, 3.63) is 11.8 Å². The van der Waals surface area contributed by atoms with E-state index in [4.69, 9.17) is 10.5 Å². The van der Waals surface area contributed by atoms with E-state index >= 15 is 0 Å². The van der Waals surface area contributed by atoms with Crippen LogP contribution in [-0.4, -0.2) is 30.4 Å². The van der Waals surface area contributed by atoms with Crippen molar-refractivity contribution in [1.82, 2.24) is 10.2 Å². The van der Waals surface area contributed by atoms with Crippen molar-refractivity contribution in [3.63, 3.8) is 0 Å². The van der Waals surface area contributed by atoms with Crippen LogP contribution in [0, 0.1) is 28.6 Å². The molecule has 1 saturated heterocycles. The lowest BCUT2D eigenvalue weighted by molar-refractivity contribution is -0.128. The summed E-state index contributed by atoms with van der Waals surface area (Å²) >= 11 is 0. The largest absolute Gasteiger partial charge is 0.389 e. The van der Waals surface area contributed by atoms with Gasteiger partial charge in [0.2, 0.25) is 0 Å². The average molecular weight is 246 g/mol. The van der Waals surface area contributed by atoms with Crippen LogP contribution in [0.3, 0.4) is 0 Å². The molecule has 1 fully saturated rings. The van der Waals surface area contributed by atoms with Crippen LogP contribution in [0.15, 0.2) is 11.8 Å². The van der Waals surface area contributed by atoms with E-state index in [1.54, 1.807) is 4.90 Å². The maximum Gasteiger partial charge on any atom is 0.265 e. The molecule has 1 rings (SSSR count). The molecule has 0 radical (unpaired) electrons. The fourth-order valence-electron chi connectivity index (χ4n) is 1.83. The number of rotatable bonds is 4. The highest BCUT2D eigenvalue weighted by atomic mass is 16.2. The van der Waals surface area contributed by atoms with Gasteiger partial charge in [-0.1, -0.05) is 6.92 Å². The van der Waals surface area contributed by atoms with Crippen LogP contribution < -0.4 is 5.32 Å². The Morgan fingerprint density at radius 3 is 2.67 bits per heavy atom. The second-order valence-electron chi connectivity index (χ2n) is 4.51. The van der Waals surface area contributed by atoms with Crippen LogP contribution in [0.25, 0.3) is 0 Å². The normalized spacial score (nSPS) is 16.8. The smallest absolute Gasteiger partial charge is 0.265 e. The molecule has 0 atom stereocenters. The Morgan fingerprint density at radius 1 is 1.44 bits per heavy atom. The van der Waals surface area contributed by atoms with E-state index in [1.165, 1.54) is 6.20 Å². The van der Waals surface area contributed by atoms with Gasteiger partial charge in [-0.3, -0.25) is 4.79 Å². The van der Waals surface area contributed by atoms with Gasteiger partial charge in [-0.25, -0.2) is 0 Å². The van der Waals surface area contributed by atoms with Crippen LogP contribution in [0.1, 0.15) is 26.2 Å². The van der Waals surface area contributed by atoms with Crippen molar-refractivity contribution < 1.29 is 4.79 Å².